The lowest BCUT2D eigenvalue weighted by molar-refractivity contribution is 0.102. The standard InChI is InChI=1S/C12H7BrFIN2O/c13-9-5-7(1-3-10(9)14)12(18)17-11-4-2-8(15)6-16-11/h1-6H,(H,16,17,18). The van der Waals surface area contributed by atoms with Crippen molar-refractivity contribution < 1.29 is 9.18 Å². The summed E-state index contributed by atoms with van der Waals surface area (Å²) >= 11 is 5.16. The molecular weight excluding hydrogens is 414 g/mol. The number of amides is 1. The van der Waals surface area contributed by atoms with E-state index in [1.807, 2.05) is 6.07 Å². The van der Waals surface area contributed by atoms with Gasteiger partial charge in [-0.2, -0.15) is 0 Å². The van der Waals surface area contributed by atoms with Gasteiger partial charge in [0.05, 0.1) is 4.47 Å². The van der Waals surface area contributed by atoms with Gasteiger partial charge in [-0.25, -0.2) is 9.37 Å². The molecule has 1 aromatic carbocycles. The Labute approximate surface area is 125 Å². The van der Waals surface area contributed by atoms with Crippen LogP contribution in [0, 0.1) is 9.39 Å². The van der Waals surface area contributed by atoms with Crippen molar-refractivity contribution in [1.29, 1.82) is 0 Å². The molecule has 0 fully saturated rings. The zero-order chi connectivity index (χ0) is 13.1. The van der Waals surface area contributed by atoms with Gasteiger partial charge in [0, 0.05) is 15.3 Å². The lowest BCUT2D eigenvalue weighted by atomic mass is 10.2. The molecule has 0 bridgehead atoms. The summed E-state index contributed by atoms with van der Waals surface area (Å²) in [6, 6.07) is 7.63. The van der Waals surface area contributed by atoms with Crippen LogP contribution in [-0.4, -0.2) is 10.9 Å². The maximum absolute atomic E-state index is 13.0. The summed E-state index contributed by atoms with van der Waals surface area (Å²) in [5.41, 5.74) is 0.364. The summed E-state index contributed by atoms with van der Waals surface area (Å²) in [5, 5.41) is 2.64. The Balaban J connectivity index is 2.16. The number of anilines is 1. The molecule has 6 heteroatoms. The monoisotopic (exact) mass is 420 g/mol. The summed E-state index contributed by atoms with van der Waals surface area (Å²) in [4.78, 5) is 15.9. The van der Waals surface area contributed by atoms with Gasteiger partial charge in [-0.05, 0) is 68.9 Å². The van der Waals surface area contributed by atoms with Gasteiger partial charge in [-0.15, -0.1) is 0 Å². The van der Waals surface area contributed by atoms with Gasteiger partial charge in [0.25, 0.3) is 5.91 Å². The maximum atomic E-state index is 13.0. The van der Waals surface area contributed by atoms with Crippen molar-refractivity contribution in [2.24, 2.45) is 0 Å². The Morgan fingerprint density at radius 2 is 2.11 bits per heavy atom. The number of halogens is 3. The molecule has 0 aliphatic carbocycles. The van der Waals surface area contributed by atoms with Crippen LogP contribution in [0.2, 0.25) is 0 Å². The SMILES string of the molecule is O=C(Nc1ccc(I)cn1)c1ccc(F)c(Br)c1. The topological polar surface area (TPSA) is 42.0 Å². The van der Waals surface area contributed by atoms with Crippen molar-refractivity contribution >= 4 is 50.2 Å². The molecule has 0 radical (unpaired) electrons. The van der Waals surface area contributed by atoms with Gasteiger partial charge in [0.2, 0.25) is 0 Å². The third kappa shape index (κ3) is 3.26. The molecule has 1 aromatic heterocycles. The first-order valence-electron chi connectivity index (χ1n) is 4.94. The Hall–Kier alpha value is -1.02. The predicted octanol–water partition coefficient (Wildman–Crippen LogP) is 3.84. The molecule has 0 aliphatic heterocycles. The second kappa shape index (κ2) is 5.75. The highest BCUT2D eigenvalue weighted by molar-refractivity contribution is 14.1. The fraction of sp³-hybridized carbons (Fsp3) is 0. The van der Waals surface area contributed by atoms with E-state index in [1.54, 1.807) is 12.3 Å². The molecule has 1 amide bonds. The second-order valence-electron chi connectivity index (χ2n) is 3.44. The molecule has 0 aliphatic rings. The summed E-state index contributed by atoms with van der Waals surface area (Å²) in [7, 11) is 0. The predicted molar refractivity (Wildman–Crippen MR) is 79.0 cm³/mol. The van der Waals surface area contributed by atoms with E-state index in [-0.39, 0.29) is 10.4 Å². The van der Waals surface area contributed by atoms with Crippen molar-refractivity contribution in [1.82, 2.24) is 4.98 Å². The number of aromatic nitrogens is 1. The van der Waals surface area contributed by atoms with Crippen LogP contribution >= 0.6 is 38.5 Å². The minimum Gasteiger partial charge on any atom is -0.307 e. The average Bonchev–Trinajstić information content (AvgIpc) is 2.35. The first kappa shape index (κ1) is 13.4. The van der Waals surface area contributed by atoms with E-state index in [4.69, 9.17) is 0 Å². The lowest BCUT2D eigenvalue weighted by Crippen LogP contribution is -2.13. The van der Waals surface area contributed by atoms with Crippen LogP contribution in [0.15, 0.2) is 41.0 Å². The number of hydrogen-bond acceptors (Lipinski definition) is 2. The van der Waals surface area contributed by atoms with E-state index in [1.165, 1.54) is 18.2 Å². The van der Waals surface area contributed by atoms with Gasteiger partial charge < -0.3 is 5.32 Å². The van der Waals surface area contributed by atoms with Crippen LogP contribution in [0.1, 0.15) is 10.4 Å². The smallest absolute Gasteiger partial charge is 0.256 e. The molecule has 18 heavy (non-hydrogen) atoms. The van der Waals surface area contributed by atoms with Crippen LogP contribution in [0.4, 0.5) is 10.2 Å². The van der Waals surface area contributed by atoms with Crippen molar-refractivity contribution in [2.75, 3.05) is 5.32 Å². The number of hydrogen-bond donors (Lipinski definition) is 1. The highest BCUT2D eigenvalue weighted by Crippen LogP contribution is 2.17. The lowest BCUT2D eigenvalue weighted by Gasteiger charge is -2.05. The van der Waals surface area contributed by atoms with Crippen molar-refractivity contribution in [3.05, 3.63) is 56.0 Å². The van der Waals surface area contributed by atoms with Gasteiger partial charge in [-0.3, -0.25) is 4.79 Å². The molecule has 1 heterocycles. The first-order valence-corrected chi connectivity index (χ1v) is 6.81. The molecule has 1 N–H and O–H groups in total. The van der Waals surface area contributed by atoms with Crippen LogP contribution in [0.25, 0.3) is 0 Å². The highest BCUT2D eigenvalue weighted by atomic mass is 127. The van der Waals surface area contributed by atoms with E-state index in [2.05, 4.69) is 48.8 Å². The van der Waals surface area contributed by atoms with E-state index in [0.29, 0.717) is 11.4 Å². The summed E-state index contributed by atoms with van der Waals surface area (Å²) in [5.74, 6) is -0.274. The summed E-state index contributed by atoms with van der Waals surface area (Å²) in [6.45, 7) is 0. The molecule has 0 spiro atoms. The molecule has 2 aromatic rings. The van der Waals surface area contributed by atoms with Gasteiger partial charge >= 0.3 is 0 Å². The van der Waals surface area contributed by atoms with Gasteiger partial charge in [0.1, 0.15) is 11.6 Å². The molecule has 0 atom stereocenters. The number of pyridine rings is 1. The maximum Gasteiger partial charge on any atom is 0.256 e. The number of nitrogens with zero attached hydrogens (tertiary/aromatic N) is 1. The first-order chi connectivity index (χ1) is 8.56. The summed E-state index contributed by atoms with van der Waals surface area (Å²) in [6.07, 6.45) is 1.65. The van der Waals surface area contributed by atoms with Gasteiger partial charge in [-0.1, -0.05) is 0 Å². The third-order valence-electron chi connectivity index (χ3n) is 2.15. The Kier molecular flexibility index (Phi) is 4.28. The molecule has 0 saturated carbocycles. The number of benzene rings is 1. The van der Waals surface area contributed by atoms with E-state index < -0.39 is 5.82 Å². The minimum atomic E-state index is -0.404. The molecule has 0 saturated heterocycles. The Morgan fingerprint density at radius 1 is 1.33 bits per heavy atom. The van der Waals surface area contributed by atoms with E-state index in [0.717, 1.165) is 3.57 Å². The van der Waals surface area contributed by atoms with Crippen LogP contribution in [0.5, 0.6) is 0 Å². The zero-order valence-electron chi connectivity index (χ0n) is 8.95. The largest absolute Gasteiger partial charge is 0.307 e. The molecule has 2 rings (SSSR count). The Bertz CT molecular complexity index is 589. The number of carbonyl (C=O) groups is 1. The second-order valence-corrected chi connectivity index (χ2v) is 5.54. The van der Waals surface area contributed by atoms with E-state index in [9.17, 15) is 9.18 Å². The molecular formula is C12H7BrFIN2O. The number of nitrogens with one attached hydrogen (secondary N) is 1. The minimum absolute atomic E-state index is 0.255. The fourth-order valence-corrected chi connectivity index (χ4v) is 1.97. The normalized spacial score (nSPS) is 10.2. The van der Waals surface area contributed by atoms with Crippen molar-refractivity contribution in [3.63, 3.8) is 0 Å². The Morgan fingerprint density at radius 3 is 2.72 bits per heavy atom. The van der Waals surface area contributed by atoms with Crippen LogP contribution in [-0.2, 0) is 0 Å². The van der Waals surface area contributed by atoms with Crippen molar-refractivity contribution in [2.45, 2.75) is 0 Å². The van der Waals surface area contributed by atoms with E-state index >= 15 is 0 Å². The summed E-state index contributed by atoms with van der Waals surface area (Å²) < 4.78 is 14.3. The highest BCUT2D eigenvalue weighted by Gasteiger charge is 2.09. The molecule has 3 nitrogen and oxygen atoms in total. The fourth-order valence-electron chi connectivity index (χ4n) is 1.28. The van der Waals surface area contributed by atoms with Crippen LogP contribution in [0.3, 0.4) is 0 Å². The third-order valence-corrected chi connectivity index (χ3v) is 3.40. The van der Waals surface area contributed by atoms with Crippen molar-refractivity contribution in [3.8, 4) is 0 Å². The molecule has 0 unspecified atom stereocenters. The quantitative estimate of drug-likeness (QED) is 0.750. The number of rotatable bonds is 2. The van der Waals surface area contributed by atoms with Crippen LogP contribution < -0.4 is 5.32 Å². The van der Waals surface area contributed by atoms with Gasteiger partial charge in [0.15, 0.2) is 0 Å². The number of carbonyl (C=O) groups excluding carboxylic acids is 1. The molecule has 92 valence electrons. The zero-order valence-corrected chi connectivity index (χ0v) is 12.7. The average molecular weight is 421 g/mol.